The van der Waals surface area contributed by atoms with Crippen molar-refractivity contribution in [1.29, 1.82) is 5.26 Å². The van der Waals surface area contributed by atoms with Crippen molar-refractivity contribution in [3.05, 3.63) is 136 Å². The van der Waals surface area contributed by atoms with Gasteiger partial charge in [-0.15, -0.1) is 0 Å². The van der Waals surface area contributed by atoms with E-state index in [1.807, 2.05) is 54.6 Å². The highest BCUT2D eigenvalue weighted by atomic mass is 35.5. The summed E-state index contributed by atoms with van der Waals surface area (Å²) in [5.74, 6) is -2.27. The predicted octanol–water partition coefficient (Wildman–Crippen LogP) is 7.12. The molecule has 1 heterocycles. The first-order valence-electron chi connectivity index (χ1n) is 14.7. The first kappa shape index (κ1) is 30.6. The molecular weight excluding hydrogens is 609 g/mol. The van der Waals surface area contributed by atoms with E-state index in [-0.39, 0.29) is 24.3 Å². The van der Waals surface area contributed by atoms with Crippen LogP contribution < -0.4 is 0 Å². The van der Waals surface area contributed by atoms with Crippen molar-refractivity contribution in [2.75, 3.05) is 7.05 Å². The summed E-state index contributed by atoms with van der Waals surface area (Å²) in [6.45, 7) is 0.476. The molecule has 5 aromatic rings. The van der Waals surface area contributed by atoms with E-state index >= 15 is 4.39 Å². The molecule has 2 atom stereocenters. The maximum Gasteiger partial charge on any atom is 0.295 e. The van der Waals surface area contributed by atoms with Crippen molar-refractivity contribution in [2.24, 2.45) is 5.92 Å². The Morgan fingerprint density at radius 1 is 1.00 bits per heavy atom. The molecule has 1 aromatic heterocycles. The maximum absolute atomic E-state index is 17.9. The molecule has 0 spiro atoms. The number of sulfone groups is 1. The van der Waals surface area contributed by atoms with Crippen molar-refractivity contribution in [3.8, 4) is 6.07 Å². The standard InChI is InChI=1S/C36H31ClFN3O3S/c1-40(23-27-14-12-25(22-39)13-15-27)35(42)36(38,45(43,44)30-10-6-3-7-11-30)28-16-18-31-32-21-29(37)17-19-33(32)41(34(31)20-28)24-26-8-4-2-5-9-26/h2-15,17,19,21,28H,16,18,20,23-24H2,1H3. The minimum Gasteiger partial charge on any atom is -0.340 e. The molecule has 45 heavy (non-hydrogen) atoms. The van der Waals surface area contributed by atoms with Crippen molar-refractivity contribution in [2.45, 2.75) is 42.2 Å². The number of nitriles is 1. The van der Waals surface area contributed by atoms with Gasteiger partial charge >= 0.3 is 0 Å². The summed E-state index contributed by atoms with van der Waals surface area (Å²) in [7, 11) is -3.38. The van der Waals surface area contributed by atoms with Crippen LogP contribution >= 0.6 is 11.6 Å². The fraction of sp³-hybridized carbons (Fsp3) is 0.222. The number of hydrogen-bond acceptors (Lipinski definition) is 4. The van der Waals surface area contributed by atoms with Crippen molar-refractivity contribution in [3.63, 3.8) is 0 Å². The molecule has 228 valence electrons. The Kier molecular flexibility index (Phi) is 8.25. The van der Waals surface area contributed by atoms with E-state index in [4.69, 9.17) is 16.9 Å². The van der Waals surface area contributed by atoms with Crippen LogP contribution in [0.5, 0.6) is 0 Å². The minimum atomic E-state index is -4.79. The number of nitrogens with zero attached hydrogens (tertiary/aromatic N) is 3. The minimum absolute atomic E-state index is 0.0226. The molecule has 0 saturated heterocycles. The number of benzene rings is 4. The second-order valence-corrected chi connectivity index (χ2v) is 14.0. The highest BCUT2D eigenvalue weighted by Crippen LogP contribution is 2.45. The molecule has 6 nitrogen and oxygen atoms in total. The third-order valence-corrected chi connectivity index (χ3v) is 11.1. The van der Waals surface area contributed by atoms with E-state index in [0.29, 0.717) is 29.1 Å². The third-order valence-electron chi connectivity index (χ3n) is 8.73. The Labute approximate surface area is 267 Å². The normalized spacial score (nSPS) is 16.0. The lowest BCUT2D eigenvalue weighted by Crippen LogP contribution is -2.55. The predicted molar refractivity (Wildman–Crippen MR) is 173 cm³/mol. The molecule has 0 radical (unpaired) electrons. The molecule has 2 unspecified atom stereocenters. The highest BCUT2D eigenvalue weighted by molar-refractivity contribution is 7.93. The summed E-state index contributed by atoms with van der Waals surface area (Å²) >= 11 is 6.40. The number of carbonyl (C=O) groups is 1. The SMILES string of the molecule is CN(Cc1ccc(C#N)cc1)C(=O)C(F)(C1CCc2c(n(Cc3ccccc3)c3ccc(Cl)cc23)C1)S(=O)(=O)c1ccccc1. The third kappa shape index (κ3) is 5.52. The average molecular weight is 640 g/mol. The van der Waals surface area contributed by atoms with Crippen LogP contribution in [0, 0.1) is 17.2 Å². The van der Waals surface area contributed by atoms with Gasteiger partial charge in [-0.05, 0) is 78.4 Å². The molecule has 0 fully saturated rings. The first-order valence-corrected chi connectivity index (χ1v) is 16.6. The number of fused-ring (bicyclic) bond motifs is 3. The van der Waals surface area contributed by atoms with Gasteiger partial charge in [-0.25, -0.2) is 12.8 Å². The summed E-state index contributed by atoms with van der Waals surface area (Å²) in [4.78, 5) is 15.1. The zero-order valence-corrected chi connectivity index (χ0v) is 26.2. The molecule has 1 amide bonds. The van der Waals surface area contributed by atoms with Crippen molar-refractivity contribution >= 4 is 38.2 Å². The lowest BCUT2D eigenvalue weighted by molar-refractivity contribution is -0.141. The summed E-state index contributed by atoms with van der Waals surface area (Å²) in [6, 6.07) is 31.5. The molecule has 9 heteroatoms. The van der Waals surface area contributed by atoms with Crippen LogP contribution in [0.25, 0.3) is 10.9 Å². The monoisotopic (exact) mass is 639 g/mol. The summed E-state index contributed by atoms with van der Waals surface area (Å²) in [6.07, 6.45) is 0.595. The van der Waals surface area contributed by atoms with E-state index in [1.165, 1.54) is 31.3 Å². The number of hydrogen-bond donors (Lipinski definition) is 0. The van der Waals surface area contributed by atoms with Crippen LogP contribution in [0.1, 0.15) is 34.4 Å². The second kappa shape index (κ2) is 12.2. The molecule has 0 aliphatic heterocycles. The van der Waals surface area contributed by atoms with Gasteiger partial charge in [0.1, 0.15) is 0 Å². The van der Waals surface area contributed by atoms with Crippen molar-refractivity contribution < 1.29 is 17.6 Å². The van der Waals surface area contributed by atoms with Gasteiger partial charge in [-0.2, -0.15) is 5.26 Å². The molecule has 0 bridgehead atoms. The van der Waals surface area contributed by atoms with Gasteiger partial charge in [0.15, 0.2) is 0 Å². The van der Waals surface area contributed by atoms with Crippen LogP contribution in [-0.2, 0) is 40.6 Å². The molecular formula is C36H31ClFN3O3S. The Bertz CT molecular complexity index is 2020. The largest absolute Gasteiger partial charge is 0.340 e. The van der Waals surface area contributed by atoms with Crippen LogP contribution in [0.4, 0.5) is 4.39 Å². The smallest absolute Gasteiger partial charge is 0.295 e. The summed E-state index contributed by atoms with van der Waals surface area (Å²) < 4.78 is 48.5. The van der Waals surface area contributed by atoms with E-state index in [0.717, 1.165) is 32.6 Å². The number of amides is 1. The van der Waals surface area contributed by atoms with Gasteiger partial charge in [0.05, 0.1) is 16.5 Å². The molecule has 0 saturated carbocycles. The van der Waals surface area contributed by atoms with Gasteiger partial charge in [0.25, 0.3) is 10.9 Å². The van der Waals surface area contributed by atoms with Gasteiger partial charge in [0.2, 0.25) is 9.84 Å². The Hall–Kier alpha value is -4.45. The number of halogens is 2. The van der Waals surface area contributed by atoms with E-state index in [2.05, 4.69) is 4.57 Å². The highest BCUT2D eigenvalue weighted by Gasteiger charge is 2.59. The first-order chi connectivity index (χ1) is 21.6. The van der Waals surface area contributed by atoms with E-state index < -0.39 is 26.7 Å². The Morgan fingerprint density at radius 3 is 2.33 bits per heavy atom. The van der Waals surface area contributed by atoms with Crippen molar-refractivity contribution in [1.82, 2.24) is 9.47 Å². The number of alkyl halides is 1. The quantitative estimate of drug-likeness (QED) is 0.181. The lowest BCUT2D eigenvalue weighted by atomic mass is 9.83. The number of aromatic nitrogens is 1. The zero-order chi connectivity index (χ0) is 31.8. The zero-order valence-electron chi connectivity index (χ0n) is 24.7. The van der Waals surface area contributed by atoms with Crippen LogP contribution in [0.3, 0.4) is 0 Å². The maximum atomic E-state index is 17.9. The fourth-order valence-electron chi connectivity index (χ4n) is 6.45. The Morgan fingerprint density at radius 2 is 1.67 bits per heavy atom. The number of carbonyl (C=O) groups excluding carboxylic acids is 1. The molecule has 0 N–H and O–H groups in total. The van der Waals surface area contributed by atoms with Gasteiger partial charge < -0.3 is 9.47 Å². The summed E-state index contributed by atoms with van der Waals surface area (Å²) in [5, 5.41) is 7.43. The molecule has 1 aliphatic carbocycles. The van der Waals surface area contributed by atoms with Gasteiger partial charge in [-0.3, -0.25) is 4.79 Å². The number of aryl methyl sites for hydroxylation is 1. The van der Waals surface area contributed by atoms with E-state index in [9.17, 15) is 13.2 Å². The second-order valence-electron chi connectivity index (χ2n) is 11.5. The number of rotatable bonds is 8. The average Bonchev–Trinajstić information content (AvgIpc) is 3.36. The van der Waals surface area contributed by atoms with E-state index in [1.54, 1.807) is 30.3 Å². The molecule has 4 aromatic carbocycles. The topological polar surface area (TPSA) is 83.2 Å². The molecule has 6 rings (SSSR count). The Balaban J connectivity index is 1.44. The fourth-order valence-corrected chi connectivity index (χ4v) is 8.51. The lowest BCUT2D eigenvalue weighted by Gasteiger charge is -2.37. The summed E-state index contributed by atoms with van der Waals surface area (Å²) in [5.41, 5.74) is 4.86. The van der Waals surface area contributed by atoms with Gasteiger partial charge in [0, 0.05) is 47.7 Å². The van der Waals surface area contributed by atoms with Crippen LogP contribution in [-0.4, -0.2) is 35.8 Å². The van der Waals surface area contributed by atoms with Crippen LogP contribution in [0.2, 0.25) is 5.02 Å². The van der Waals surface area contributed by atoms with Gasteiger partial charge in [-0.1, -0.05) is 72.3 Å². The molecule has 1 aliphatic rings. The van der Waals surface area contributed by atoms with Crippen LogP contribution in [0.15, 0.2) is 108 Å².